The van der Waals surface area contributed by atoms with Crippen molar-refractivity contribution in [3.8, 4) is 17.2 Å². The number of carbonyl (C=O) groups excluding carboxylic acids is 2. The van der Waals surface area contributed by atoms with Gasteiger partial charge in [0.1, 0.15) is 11.5 Å². The Balaban J connectivity index is 1.81. The molecule has 8 nitrogen and oxygen atoms in total. The van der Waals surface area contributed by atoms with Crippen LogP contribution in [-0.4, -0.2) is 42.1 Å². The summed E-state index contributed by atoms with van der Waals surface area (Å²) in [5, 5.41) is 13.5. The molecule has 0 bridgehead atoms. The number of carbonyl (C=O) groups is 2. The zero-order valence-electron chi connectivity index (χ0n) is 22.0. The zero-order valence-corrected chi connectivity index (χ0v) is 22.8. The van der Waals surface area contributed by atoms with Crippen molar-refractivity contribution < 1.29 is 28.9 Å². The first-order valence-electron chi connectivity index (χ1n) is 12.6. The standard InChI is InChI=1S/C29H32N2O6S/c1-5-13-36-21-8-6-7-20(16-21)26(32)24-25(31(28(34)27(24)33)29-30-12-15-38-29)19-9-10-22(23(17-19)35-4)37-14-11-18(2)3/h6-10,12,15-18,25,32H,5,11,13-14H2,1-4H3/b26-24+. The van der Waals surface area contributed by atoms with Crippen molar-refractivity contribution in [3.05, 3.63) is 70.7 Å². The Hall–Kier alpha value is -3.85. The van der Waals surface area contributed by atoms with Gasteiger partial charge in [-0.2, -0.15) is 0 Å². The molecular formula is C29H32N2O6S. The molecule has 200 valence electrons. The third kappa shape index (κ3) is 5.67. The Bertz CT molecular complexity index is 1320. The Morgan fingerprint density at radius 2 is 1.92 bits per heavy atom. The predicted octanol–water partition coefficient (Wildman–Crippen LogP) is 5.99. The van der Waals surface area contributed by atoms with E-state index in [9.17, 15) is 14.7 Å². The van der Waals surface area contributed by atoms with E-state index < -0.39 is 17.7 Å². The van der Waals surface area contributed by atoms with Gasteiger partial charge in [-0.1, -0.05) is 39.0 Å². The van der Waals surface area contributed by atoms with Gasteiger partial charge in [-0.05, 0) is 48.6 Å². The molecule has 0 spiro atoms. The van der Waals surface area contributed by atoms with Gasteiger partial charge in [-0.3, -0.25) is 14.5 Å². The van der Waals surface area contributed by atoms with E-state index in [-0.39, 0.29) is 11.3 Å². The molecule has 9 heteroatoms. The molecule has 1 aliphatic rings. The van der Waals surface area contributed by atoms with Crippen LogP contribution in [0.15, 0.2) is 59.6 Å². The molecular weight excluding hydrogens is 504 g/mol. The van der Waals surface area contributed by atoms with Crippen molar-refractivity contribution >= 4 is 33.9 Å². The summed E-state index contributed by atoms with van der Waals surface area (Å²) in [6, 6.07) is 11.2. The number of thiazole rings is 1. The van der Waals surface area contributed by atoms with E-state index in [1.54, 1.807) is 54.0 Å². The molecule has 1 aromatic heterocycles. The fraction of sp³-hybridized carbons (Fsp3) is 0.345. The number of hydrogen-bond donors (Lipinski definition) is 1. The minimum absolute atomic E-state index is 0.0339. The van der Waals surface area contributed by atoms with Crippen LogP contribution in [0.3, 0.4) is 0 Å². The second-order valence-electron chi connectivity index (χ2n) is 9.30. The van der Waals surface area contributed by atoms with Gasteiger partial charge in [0, 0.05) is 17.1 Å². The molecule has 2 aromatic carbocycles. The molecule has 2 heterocycles. The smallest absolute Gasteiger partial charge is 0.301 e. The Morgan fingerprint density at radius 3 is 2.61 bits per heavy atom. The van der Waals surface area contributed by atoms with Gasteiger partial charge in [0.15, 0.2) is 16.6 Å². The number of amides is 1. The van der Waals surface area contributed by atoms with E-state index in [4.69, 9.17) is 14.2 Å². The minimum atomic E-state index is -0.917. The van der Waals surface area contributed by atoms with Crippen molar-refractivity contribution in [2.45, 2.75) is 39.7 Å². The molecule has 1 fully saturated rings. The van der Waals surface area contributed by atoms with Crippen molar-refractivity contribution in [1.82, 2.24) is 4.98 Å². The molecule has 1 aliphatic heterocycles. The number of hydrogen-bond acceptors (Lipinski definition) is 8. The molecule has 1 amide bonds. The summed E-state index contributed by atoms with van der Waals surface area (Å²) in [6.45, 7) is 7.29. The minimum Gasteiger partial charge on any atom is -0.507 e. The summed E-state index contributed by atoms with van der Waals surface area (Å²) in [6.07, 6.45) is 3.28. The van der Waals surface area contributed by atoms with Gasteiger partial charge in [-0.15, -0.1) is 11.3 Å². The molecule has 1 unspecified atom stereocenters. The third-order valence-electron chi connectivity index (χ3n) is 6.11. The predicted molar refractivity (Wildman–Crippen MR) is 147 cm³/mol. The summed E-state index contributed by atoms with van der Waals surface area (Å²) in [5.74, 6) is 0.232. The van der Waals surface area contributed by atoms with E-state index in [1.165, 1.54) is 23.3 Å². The Kier molecular flexibility index (Phi) is 8.68. The number of aromatic nitrogens is 1. The second kappa shape index (κ2) is 12.1. The van der Waals surface area contributed by atoms with Gasteiger partial charge in [0.25, 0.3) is 5.78 Å². The highest BCUT2D eigenvalue weighted by Crippen LogP contribution is 2.44. The maximum absolute atomic E-state index is 13.4. The lowest BCUT2D eigenvalue weighted by Crippen LogP contribution is -2.29. The van der Waals surface area contributed by atoms with Crippen LogP contribution in [0.2, 0.25) is 0 Å². The number of ether oxygens (including phenoxy) is 3. The molecule has 38 heavy (non-hydrogen) atoms. The summed E-state index contributed by atoms with van der Waals surface area (Å²) in [4.78, 5) is 32.3. The second-order valence-corrected chi connectivity index (χ2v) is 10.2. The van der Waals surface area contributed by atoms with Crippen LogP contribution in [0, 0.1) is 5.92 Å². The number of benzene rings is 2. The van der Waals surface area contributed by atoms with E-state index in [0.29, 0.717) is 52.6 Å². The monoisotopic (exact) mass is 536 g/mol. The van der Waals surface area contributed by atoms with Crippen LogP contribution in [-0.2, 0) is 9.59 Å². The summed E-state index contributed by atoms with van der Waals surface area (Å²) < 4.78 is 17.2. The third-order valence-corrected chi connectivity index (χ3v) is 6.88. The number of rotatable bonds is 11. The average Bonchev–Trinajstić information content (AvgIpc) is 3.53. The first-order valence-corrected chi connectivity index (χ1v) is 13.5. The lowest BCUT2D eigenvalue weighted by atomic mass is 9.95. The number of ketones is 1. The molecule has 1 N–H and O–H groups in total. The van der Waals surface area contributed by atoms with E-state index in [2.05, 4.69) is 18.8 Å². The molecule has 1 saturated heterocycles. The van der Waals surface area contributed by atoms with E-state index in [1.807, 2.05) is 6.92 Å². The topological polar surface area (TPSA) is 98.2 Å². The summed E-state index contributed by atoms with van der Waals surface area (Å²) >= 11 is 1.23. The fourth-order valence-electron chi connectivity index (χ4n) is 4.17. The number of aliphatic hydroxyl groups excluding tert-OH is 1. The molecule has 0 aliphatic carbocycles. The van der Waals surface area contributed by atoms with Crippen LogP contribution in [0.1, 0.15) is 50.8 Å². The van der Waals surface area contributed by atoms with Crippen LogP contribution in [0.4, 0.5) is 5.13 Å². The van der Waals surface area contributed by atoms with Gasteiger partial charge in [-0.25, -0.2) is 4.98 Å². The van der Waals surface area contributed by atoms with Crippen LogP contribution >= 0.6 is 11.3 Å². The number of nitrogens with zero attached hydrogens (tertiary/aromatic N) is 2. The number of Topliss-reactive ketones (excluding diaryl/α,β-unsaturated/α-hetero) is 1. The van der Waals surface area contributed by atoms with Crippen LogP contribution in [0.25, 0.3) is 5.76 Å². The molecule has 3 aromatic rings. The molecule has 1 atom stereocenters. The zero-order chi connectivity index (χ0) is 27.2. The van der Waals surface area contributed by atoms with Crippen molar-refractivity contribution in [3.63, 3.8) is 0 Å². The molecule has 0 saturated carbocycles. The van der Waals surface area contributed by atoms with Gasteiger partial charge in [0.05, 0.1) is 31.9 Å². The van der Waals surface area contributed by atoms with E-state index >= 15 is 0 Å². The lowest BCUT2D eigenvalue weighted by molar-refractivity contribution is -0.132. The Morgan fingerprint density at radius 1 is 1.11 bits per heavy atom. The van der Waals surface area contributed by atoms with Gasteiger partial charge >= 0.3 is 5.91 Å². The number of anilines is 1. The summed E-state index contributed by atoms with van der Waals surface area (Å²) in [7, 11) is 1.54. The highest BCUT2D eigenvalue weighted by atomic mass is 32.1. The first-order chi connectivity index (χ1) is 18.3. The van der Waals surface area contributed by atoms with Gasteiger partial charge in [0.2, 0.25) is 0 Å². The highest BCUT2D eigenvalue weighted by molar-refractivity contribution is 7.14. The quantitative estimate of drug-likeness (QED) is 0.183. The maximum atomic E-state index is 13.4. The Labute approximate surface area is 226 Å². The largest absolute Gasteiger partial charge is 0.507 e. The maximum Gasteiger partial charge on any atom is 0.301 e. The normalized spacial score (nSPS) is 16.8. The highest BCUT2D eigenvalue weighted by Gasteiger charge is 2.48. The molecule has 4 rings (SSSR count). The van der Waals surface area contributed by atoms with Crippen molar-refractivity contribution in [2.24, 2.45) is 5.92 Å². The lowest BCUT2D eigenvalue weighted by Gasteiger charge is -2.24. The van der Waals surface area contributed by atoms with E-state index in [0.717, 1.165) is 12.8 Å². The summed E-state index contributed by atoms with van der Waals surface area (Å²) in [5.41, 5.74) is 0.919. The van der Waals surface area contributed by atoms with Crippen LogP contribution in [0.5, 0.6) is 17.2 Å². The molecule has 0 radical (unpaired) electrons. The first kappa shape index (κ1) is 27.2. The van der Waals surface area contributed by atoms with Gasteiger partial charge < -0.3 is 19.3 Å². The fourth-order valence-corrected chi connectivity index (χ4v) is 4.83. The number of aliphatic hydroxyl groups is 1. The van der Waals surface area contributed by atoms with Crippen LogP contribution < -0.4 is 19.1 Å². The van der Waals surface area contributed by atoms with Crippen molar-refractivity contribution in [2.75, 3.05) is 25.2 Å². The van der Waals surface area contributed by atoms with Crippen molar-refractivity contribution in [1.29, 1.82) is 0 Å². The number of methoxy groups -OCH3 is 1. The SMILES string of the molecule is CCCOc1cccc(/C(O)=C2\C(=O)C(=O)N(c3nccs3)C2c2ccc(OCCC(C)C)c(OC)c2)c1. The average molecular weight is 537 g/mol.